The van der Waals surface area contributed by atoms with Gasteiger partial charge in [-0.3, -0.25) is 4.99 Å². The van der Waals surface area contributed by atoms with E-state index >= 15 is 0 Å². The van der Waals surface area contributed by atoms with E-state index in [0.29, 0.717) is 18.9 Å². The molecule has 2 aliphatic rings. The Hall–Kier alpha value is -1.41. The lowest BCUT2D eigenvalue weighted by molar-refractivity contribution is -0.106. The van der Waals surface area contributed by atoms with E-state index in [1.807, 2.05) is 7.05 Å². The molecule has 1 aromatic rings. The molecule has 0 saturated carbocycles. The number of ether oxygens (including phenoxy) is 2. The zero-order valence-electron chi connectivity index (χ0n) is 13.9. The Balaban J connectivity index is 0.000000471. The third-order valence-corrected chi connectivity index (χ3v) is 4.78. The number of carbonyl (C=O) groups excluding carboxylic acids is 1. The van der Waals surface area contributed by atoms with E-state index in [1.165, 1.54) is 11.1 Å². The smallest absolute Gasteiger partial charge is 0.156 e. The summed E-state index contributed by atoms with van der Waals surface area (Å²) in [6.45, 7) is 2.36. The molecular weight excluding hydrogens is 326 g/mol. The number of aliphatic imine (C=N–C) groups is 1. The van der Waals surface area contributed by atoms with Crippen molar-refractivity contribution < 1.29 is 14.3 Å². The summed E-state index contributed by atoms with van der Waals surface area (Å²) in [6.07, 6.45) is 1.93. The Morgan fingerprint density at radius 3 is 3.00 bits per heavy atom. The summed E-state index contributed by atoms with van der Waals surface area (Å²) in [5.41, 5.74) is 7.19. The highest BCUT2D eigenvalue weighted by Crippen LogP contribution is 2.26. The van der Waals surface area contributed by atoms with Gasteiger partial charge in [-0.1, -0.05) is 36.0 Å². The first kappa shape index (κ1) is 18.9. The SMILES string of the molecule is CN=C1NC(c2cccc(COC3CCOC3)c2)CS1.NCC=O. The number of rotatable bonds is 5. The second-order valence-corrected chi connectivity index (χ2v) is 6.49. The van der Waals surface area contributed by atoms with Gasteiger partial charge in [-0.15, -0.1) is 0 Å². The van der Waals surface area contributed by atoms with E-state index in [4.69, 9.17) is 14.3 Å². The summed E-state index contributed by atoms with van der Waals surface area (Å²) in [6, 6.07) is 8.97. The summed E-state index contributed by atoms with van der Waals surface area (Å²) in [5, 5.41) is 4.46. The van der Waals surface area contributed by atoms with Crippen LogP contribution in [0.1, 0.15) is 23.6 Å². The van der Waals surface area contributed by atoms with Crippen molar-refractivity contribution in [2.45, 2.75) is 25.2 Å². The van der Waals surface area contributed by atoms with Crippen LogP contribution in [0.25, 0.3) is 0 Å². The van der Waals surface area contributed by atoms with Crippen molar-refractivity contribution >= 4 is 23.2 Å². The topological polar surface area (TPSA) is 85.9 Å². The molecule has 3 rings (SSSR count). The Bertz CT molecular complexity index is 548. The van der Waals surface area contributed by atoms with Crippen LogP contribution >= 0.6 is 11.8 Å². The average molecular weight is 351 g/mol. The van der Waals surface area contributed by atoms with Gasteiger partial charge in [0, 0.05) is 26.0 Å². The maximum atomic E-state index is 9.05. The fourth-order valence-corrected chi connectivity index (χ4v) is 3.42. The van der Waals surface area contributed by atoms with Crippen molar-refractivity contribution in [1.82, 2.24) is 5.32 Å². The van der Waals surface area contributed by atoms with Crippen molar-refractivity contribution in [3.05, 3.63) is 35.4 Å². The van der Waals surface area contributed by atoms with Gasteiger partial charge in [-0.2, -0.15) is 0 Å². The van der Waals surface area contributed by atoms with Crippen molar-refractivity contribution in [3.63, 3.8) is 0 Å². The Morgan fingerprint density at radius 2 is 2.38 bits per heavy atom. The third kappa shape index (κ3) is 5.90. The maximum Gasteiger partial charge on any atom is 0.156 e. The lowest BCUT2D eigenvalue weighted by Gasteiger charge is -2.13. The summed E-state index contributed by atoms with van der Waals surface area (Å²) in [7, 11) is 1.83. The van der Waals surface area contributed by atoms with E-state index in [2.05, 4.69) is 40.3 Å². The molecule has 0 aromatic heterocycles. The lowest BCUT2D eigenvalue weighted by atomic mass is 10.1. The van der Waals surface area contributed by atoms with Crippen LogP contribution in [0.4, 0.5) is 0 Å². The number of hydrogen-bond donors (Lipinski definition) is 2. The molecule has 2 fully saturated rings. The summed E-state index contributed by atoms with van der Waals surface area (Å²) >= 11 is 1.78. The van der Waals surface area contributed by atoms with E-state index in [1.54, 1.807) is 11.8 Å². The van der Waals surface area contributed by atoms with Crippen LogP contribution in [-0.4, -0.2) is 50.1 Å². The minimum Gasteiger partial charge on any atom is -0.379 e. The lowest BCUT2D eigenvalue weighted by Crippen LogP contribution is -2.19. The second-order valence-electron chi connectivity index (χ2n) is 5.48. The number of carbonyl (C=O) groups is 1. The predicted molar refractivity (Wildman–Crippen MR) is 97.3 cm³/mol. The van der Waals surface area contributed by atoms with E-state index < -0.39 is 0 Å². The molecule has 0 spiro atoms. The standard InChI is InChI=1S/C15H20N2O2S.C2H5NO/c1-16-15-17-14(10-20-15)12-4-2-3-11(7-12)8-19-13-5-6-18-9-13;3-1-2-4/h2-4,7,13-14H,5-6,8-10H2,1H3,(H,16,17);2H,1,3H2. The molecule has 6 nitrogen and oxygen atoms in total. The number of nitrogens with one attached hydrogen (secondary N) is 1. The first-order chi connectivity index (χ1) is 11.8. The molecule has 2 heterocycles. The van der Waals surface area contributed by atoms with Crippen LogP contribution in [0.15, 0.2) is 29.3 Å². The van der Waals surface area contributed by atoms with Gasteiger partial charge in [0.25, 0.3) is 0 Å². The molecule has 2 atom stereocenters. The summed E-state index contributed by atoms with van der Waals surface area (Å²) < 4.78 is 11.2. The van der Waals surface area contributed by atoms with Crippen molar-refractivity contribution in [2.75, 3.05) is 32.6 Å². The number of hydrogen-bond acceptors (Lipinski definition) is 6. The molecular formula is C17H25N3O3S. The Labute approximate surface area is 147 Å². The van der Waals surface area contributed by atoms with Gasteiger partial charge in [0.2, 0.25) is 0 Å². The second kappa shape index (κ2) is 10.5. The highest BCUT2D eigenvalue weighted by Gasteiger charge is 2.21. The van der Waals surface area contributed by atoms with Gasteiger partial charge in [0.1, 0.15) is 6.29 Å². The van der Waals surface area contributed by atoms with Gasteiger partial charge >= 0.3 is 0 Å². The molecule has 24 heavy (non-hydrogen) atoms. The molecule has 1 aromatic carbocycles. The van der Waals surface area contributed by atoms with Crippen molar-refractivity contribution in [3.8, 4) is 0 Å². The number of nitrogens with two attached hydrogens (primary N) is 1. The monoisotopic (exact) mass is 351 g/mol. The molecule has 0 bridgehead atoms. The average Bonchev–Trinajstić information content (AvgIpc) is 3.32. The van der Waals surface area contributed by atoms with Gasteiger partial charge in [0.05, 0.1) is 25.4 Å². The first-order valence-corrected chi connectivity index (χ1v) is 9.03. The van der Waals surface area contributed by atoms with Crippen molar-refractivity contribution in [2.24, 2.45) is 10.7 Å². The van der Waals surface area contributed by atoms with Crippen LogP contribution < -0.4 is 11.1 Å². The molecule has 3 N–H and O–H groups in total. The Kier molecular flexibility index (Phi) is 8.24. The third-order valence-electron chi connectivity index (χ3n) is 3.71. The van der Waals surface area contributed by atoms with Crippen LogP contribution in [-0.2, 0) is 20.9 Å². The van der Waals surface area contributed by atoms with Crippen LogP contribution in [0.2, 0.25) is 0 Å². The molecule has 0 amide bonds. The molecule has 0 radical (unpaired) electrons. The number of amidine groups is 1. The van der Waals surface area contributed by atoms with Crippen LogP contribution in [0.3, 0.4) is 0 Å². The number of thioether (sulfide) groups is 1. The van der Waals surface area contributed by atoms with Crippen LogP contribution in [0.5, 0.6) is 0 Å². The number of aldehydes is 1. The Morgan fingerprint density at radius 1 is 1.54 bits per heavy atom. The quantitative estimate of drug-likeness (QED) is 0.782. The van der Waals surface area contributed by atoms with E-state index in [9.17, 15) is 0 Å². The fraction of sp³-hybridized carbons (Fsp3) is 0.529. The number of nitrogens with zero attached hydrogens (tertiary/aromatic N) is 1. The minimum atomic E-state index is 0.139. The molecule has 2 saturated heterocycles. The normalized spacial score (nSPS) is 24.3. The minimum absolute atomic E-state index is 0.139. The highest BCUT2D eigenvalue weighted by molar-refractivity contribution is 8.14. The number of benzene rings is 1. The summed E-state index contributed by atoms with van der Waals surface area (Å²) in [4.78, 5) is 13.3. The van der Waals surface area contributed by atoms with E-state index in [0.717, 1.165) is 30.6 Å². The maximum absolute atomic E-state index is 9.05. The van der Waals surface area contributed by atoms with Gasteiger partial charge in [0.15, 0.2) is 5.17 Å². The zero-order chi connectivity index (χ0) is 17.2. The zero-order valence-corrected chi connectivity index (χ0v) is 14.8. The van der Waals surface area contributed by atoms with Crippen LogP contribution in [0, 0.1) is 0 Å². The molecule has 2 unspecified atom stereocenters. The molecule has 2 aliphatic heterocycles. The van der Waals surface area contributed by atoms with Crippen molar-refractivity contribution in [1.29, 1.82) is 0 Å². The largest absolute Gasteiger partial charge is 0.379 e. The van der Waals surface area contributed by atoms with Gasteiger partial charge in [-0.25, -0.2) is 0 Å². The highest BCUT2D eigenvalue weighted by atomic mass is 32.2. The van der Waals surface area contributed by atoms with Gasteiger partial charge in [-0.05, 0) is 17.5 Å². The fourth-order valence-electron chi connectivity index (χ4n) is 2.46. The van der Waals surface area contributed by atoms with Gasteiger partial charge < -0.3 is 25.3 Å². The first-order valence-electron chi connectivity index (χ1n) is 8.04. The molecule has 7 heteroatoms. The molecule has 0 aliphatic carbocycles. The van der Waals surface area contributed by atoms with E-state index in [-0.39, 0.29) is 12.6 Å². The predicted octanol–water partition coefficient (Wildman–Crippen LogP) is 1.50. The summed E-state index contributed by atoms with van der Waals surface area (Å²) in [5.74, 6) is 1.04. The molecule has 132 valence electrons.